The molecule has 2 aliphatic rings. The van der Waals surface area contributed by atoms with E-state index in [0.717, 1.165) is 45.4 Å². The van der Waals surface area contributed by atoms with E-state index in [2.05, 4.69) is 19.2 Å². The van der Waals surface area contributed by atoms with Gasteiger partial charge in [0.25, 0.3) is 0 Å². The first-order chi connectivity index (χ1) is 8.57. The number of piperidine rings is 2. The Labute approximate surface area is 110 Å². The molecule has 2 aliphatic heterocycles. The summed E-state index contributed by atoms with van der Waals surface area (Å²) in [5.74, 6) is 0.168. The molecule has 0 atom stereocenters. The molecule has 0 aromatic rings. The molecule has 0 saturated carbocycles. The van der Waals surface area contributed by atoms with E-state index in [1.807, 2.05) is 4.90 Å². The van der Waals surface area contributed by atoms with Crippen molar-refractivity contribution in [2.45, 2.75) is 45.6 Å². The number of ether oxygens (including phenoxy) is 1. The molecule has 2 fully saturated rings. The lowest BCUT2D eigenvalue weighted by Crippen LogP contribution is -2.45. The van der Waals surface area contributed by atoms with E-state index in [9.17, 15) is 4.79 Å². The van der Waals surface area contributed by atoms with Crippen LogP contribution in [-0.2, 0) is 9.53 Å². The summed E-state index contributed by atoms with van der Waals surface area (Å²) in [7, 11) is 0. The van der Waals surface area contributed by atoms with E-state index in [1.54, 1.807) is 0 Å². The van der Waals surface area contributed by atoms with E-state index in [0.29, 0.717) is 0 Å². The first kappa shape index (κ1) is 13.8. The Kier molecular flexibility index (Phi) is 4.62. The van der Waals surface area contributed by atoms with Crippen LogP contribution in [0.5, 0.6) is 0 Å². The van der Waals surface area contributed by atoms with Gasteiger partial charge in [0.2, 0.25) is 5.91 Å². The molecule has 2 saturated heterocycles. The Morgan fingerprint density at radius 2 is 2.11 bits per heavy atom. The lowest BCUT2D eigenvalue weighted by Gasteiger charge is -2.38. The Balaban J connectivity index is 1.73. The summed E-state index contributed by atoms with van der Waals surface area (Å²) >= 11 is 0. The number of hydrogen-bond acceptors (Lipinski definition) is 3. The predicted octanol–water partition coefficient (Wildman–Crippen LogP) is 1.40. The van der Waals surface area contributed by atoms with Crippen LogP contribution in [0.1, 0.15) is 39.5 Å². The number of rotatable bonds is 3. The highest BCUT2D eigenvalue weighted by atomic mass is 16.5. The third-order valence-electron chi connectivity index (χ3n) is 3.98. The summed E-state index contributed by atoms with van der Waals surface area (Å²) in [4.78, 5) is 14.1. The van der Waals surface area contributed by atoms with Gasteiger partial charge in [-0.1, -0.05) is 13.8 Å². The number of nitrogens with zero attached hydrogens (tertiary/aromatic N) is 1. The van der Waals surface area contributed by atoms with Crippen LogP contribution in [0.4, 0.5) is 0 Å². The Morgan fingerprint density at radius 3 is 2.78 bits per heavy atom. The first-order valence-corrected chi connectivity index (χ1v) is 7.17. The first-order valence-electron chi connectivity index (χ1n) is 7.17. The quantitative estimate of drug-likeness (QED) is 0.828. The van der Waals surface area contributed by atoms with Gasteiger partial charge in [0.05, 0.1) is 6.10 Å². The van der Waals surface area contributed by atoms with Crippen molar-refractivity contribution >= 4 is 5.91 Å². The lowest BCUT2D eigenvalue weighted by atomic mass is 9.84. The fourth-order valence-electron chi connectivity index (χ4n) is 2.88. The molecular weight excluding hydrogens is 228 g/mol. The molecule has 0 unspecified atom stereocenters. The molecule has 2 rings (SSSR count). The zero-order chi connectivity index (χ0) is 13.0. The zero-order valence-electron chi connectivity index (χ0n) is 11.7. The highest BCUT2D eigenvalue weighted by Crippen LogP contribution is 2.28. The summed E-state index contributed by atoms with van der Waals surface area (Å²) in [6.45, 7) is 8.53. The summed E-state index contributed by atoms with van der Waals surface area (Å²) in [5.41, 5.74) is 0.267. The molecule has 0 radical (unpaired) electrons. The highest BCUT2D eigenvalue weighted by molar-refractivity contribution is 5.77. The monoisotopic (exact) mass is 254 g/mol. The second-order valence-electron chi connectivity index (χ2n) is 6.34. The molecule has 4 heteroatoms. The number of likely N-dealkylation sites (tertiary alicyclic amines) is 1. The van der Waals surface area contributed by atoms with E-state index < -0.39 is 0 Å². The smallest absolute Gasteiger partial charge is 0.248 e. The van der Waals surface area contributed by atoms with Gasteiger partial charge >= 0.3 is 0 Å². The molecule has 1 amide bonds. The van der Waals surface area contributed by atoms with Gasteiger partial charge in [-0.3, -0.25) is 4.79 Å². The van der Waals surface area contributed by atoms with Gasteiger partial charge in [0.15, 0.2) is 0 Å². The summed E-state index contributed by atoms with van der Waals surface area (Å²) in [5, 5.41) is 3.30. The molecule has 0 aromatic heterocycles. The average Bonchev–Trinajstić information content (AvgIpc) is 2.36. The molecule has 2 heterocycles. The minimum absolute atomic E-state index is 0.168. The van der Waals surface area contributed by atoms with Crippen molar-refractivity contribution < 1.29 is 9.53 Å². The van der Waals surface area contributed by atoms with Gasteiger partial charge in [-0.25, -0.2) is 0 Å². The normalized spacial score (nSPS) is 25.1. The van der Waals surface area contributed by atoms with Gasteiger partial charge in [-0.2, -0.15) is 0 Å². The molecule has 0 aromatic carbocycles. The Morgan fingerprint density at radius 1 is 1.39 bits per heavy atom. The number of carbonyl (C=O) groups is 1. The van der Waals surface area contributed by atoms with E-state index in [-0.39, 0.29) is 24.0 Å². The topological polar surface area (TPSA) is 41.6 Å². The molecular formula is C14H26N2O2. The van der Waals surface area contributed by atoms with Crippen molar-refractivity contribution in [2.75, 3.05) is 32.8 Å². The number of nitrogens with one attached hydrogen (secondary N) is 1. The van der Waals surface area contributed by atoms with Crippen LogP contribution in [0, 0.1) is 5.41 Å². The van der Waals surface area contributed by atoms with Gasteiger partial charge < -0.3 is 15.0 Å². The van der Waals surface area contributed by atoms with Gasteiger partial charge in [0, 0.05) is 13.1 Å². The van der Waals surface area contributed by atoms with Gasteiger partial charge in [0.1, 0.15) is 6.61 Å². The van der Waals surface area contributed by atoms with Crippen LogP contribution in [0.15, 0.2) is 0 Å². The third kappa shape index (κ3) is 3.95. The van der Waals surface area contributed by atoms with Gasteiger partial charge in [-0.15, -0.1) is 0 Å². The SMILES string of the molecule is CC1(C)CCCN(C(=O)COC2CCNCC2)C1. The summed E-state index contributed by atoms with van der Waals surface area (Å²) < 4.78 is 5.73. The van der Waals surface area contributed by atoms with Crippen molar-refractivity contribution in [1.29, 1.82) is 0 Å². The summed E-state index contributed by atoms with van der Waals surface area (Å²) in [6.07, 6.45) is 4.66. The van der Waals surface area contributed by atoms with Crippen molar-refractivity contribution in [3.05, 3.63) is 0 Å². The molecule has 0 spiro atoms. The summed E-state index contributed by atoms with van der Waals surface area (Å²) in [6, 6.07) is 0. The fourth-order valence-corrected chi connectivity index (χ4v) is 2.88. The molecule has 104 valence electrons. The highest BCUT2D eigenvalue weighted by Gasteiger charge is 2.29. The van der Waals surface area contributed by atoms with Gasteiger partial charge in [-0.05, 0) is 44.2 Å². The standard InChI is InChI=1S/C14H26N2O2/c1-14(2)6-3-9-16(11-14)13(17)10-18-12-4-7-15-8-5-12/h12,15H,3-11H2,1-2H3. The fraction of sp³-hybridized carbons (Fsp3) is 0.929. The largest absolute Gasteiger partial charge is 0.368 e. The molecule has 1 N–H and O–H groups in total. The number of carbonyl (C=O) groups excluding carboxylic acids is 1. The maximum atomic E-state index is 12.1. The van der Waals surface area contributed by atoms with E-state index >= 15 is 0 Å². The maximum absolute atomic E-state index is 12.1. The van der Waals surface area contributed by atoms with Crippen molar-refractivity contribution in [3.8, 4) is 0 Å². The molecule has 0 bridgehead atoms. The van der Waals surface area contributed by atoms with Crippen molar-refractivity contribution in [3.63, 3.8) is 0 Å². The van der Waals surface area contributed by atoms with Crippen LogP contribution in [0.2, 0.25) is 0 Å². The van der Waals surface area contributed by atoms with Crippen LogP contribution in [0.25, 0.3) is 0 Å². The Bertz CT molecular complexity index is 286. The van der Waals surface area contributed by atoms with Crippen LogP contribution >= 0.6 is 0 Å². The zero-order valence-corrected chi connectivity index (χ0v) is 11.7. The lowest BCUT2D eigenvalue weighted by molar-refractivity contribution is -0.141. The van der Waals surface area contributed by atoms with Crippen LogP contribution < -0.4 is 5.32 Å². The second-order valence-corrected chi connectivity index (χ2v) is 6.34. The minimum Gasteiger partial charge on any atom is -0.368 e. The Hall–Kier alpha value is -0.610. The molecule has 0 aliphatic carbocycles. The van der Waals surface area contributed by atoms with Crippen molar-refractivity contribution in [1.82, 2.24) is 10.2 Å². The molecule has 18 heavy (non-hydrogen) atoms. The van der Waals surface area contributed by atoms with E-state index in [1.165, 1.54) is 6.42 Å². The van der Waals surface area contributed by atoms with E-state index in [4.69, 9.17) is 4.74 Å². The van der Waals surface area contributed by atoms with Crippen LogP contribution in [-0.4, -0.2) is 49.7 Å². The van der Waals surface area contributed by atoms with Crippen molar-refractivity contribution in [2.24, 2.45) is 5.41 Å². The number of amides is 1. The second kappa shape index (κ2) is 6.02. The predicted molar refractivity (Wildman–Crippen MR) is 71.4 cm³/mol. The average molecular weight is 254 g/mol. The molecule has 4 nitrogen and oxygen atoms in total. The maximum Gasteiger partial charge on any atom is 0.248 e. The number of hydrogen-bond donors (Lipinski definition) is 1. The minimum atomic E-state index is 0.168. The third-order valence-corrected chi connectivity index (χ3v) is 3.98. The van der Waals surface area contributed by atoms with Crippen LogP contribution in [0.3, 0.4) is 0 Å².